The van der Waals surface area contributed by atoms with E-state index < -0.39 is 0 Å². The molecule has 0 aromatic heterocycles. The van der Waals surface area contributed by atoms with Gasteiger partial charge in [-0.05, 0) is 42.2 Å². The molecule has 2 aliphatic rings. The molecule has 1 amide bonds. The fourth-order valence-electron chi connectivity index (χ4n) is 3.78. The minimum Gasteiger partial charge on any atom is -0.445 e. The number of ether oxygens (including phenoxy) is 1. The van der Waals surface area contributed by atoms with Crippen LogP contribution in [0.15, 0.2) is 42.0 Å². The highest BCUT2D eigenvalue weighted by atomic mass is 16.6. The zero-order valence-electron chi connectivity index (χ0n) is 15.0. The summed E-state index contributed by atoms with van der Waals surface area (Å²) in [4.78, 5) is 26.3. The lowest BCUT2D eigenvalue weighted by molar-refractivity contribution is -0.116. The number of carbonyl (C=O) groups excluding carboxylic acids is 2. The predicted molar refractivity (Wildman–Crippen MR) is 97.1 cm³/mol. The van der Waals surface area contributed by atoms with Crippen LogP contribution in [-0.4, -0.2) is 29.9 Å². The third-order valence-electron chi connectivity index (χ3n) is 5.37. The van der Waals surface area contributed by atoms with Gasteiger partial charge in [0, 0.05) is 19.5 Å². The number of amides is 1. The molecule has 0 radical (unpaired) electrons. The fourth-order valence-corrected chi connectivity index (χ4v) is 3.78. The van der Waals surface area contributed by atoms with Gasteiger partial charge in [-0.15, -0.1) is 0 Å². The van der Waals surface area contributed by atoms with Crippen LogP contribution in [0.5, 0.6) is 0 Å². The van der Waals surface area contributed by atoms with Crippen LogP contribution in [-0.2, 0) is 16.1 Å². The number of ketones is 1. The van der Waals surface area contributed by atoms with Gasteiger partial charge < -0.3 is 9.64 Å². The number of hydrogen-bond acceptors (Lipinski definition) is 3. The lowest BCUT2D eigenvalue weighted by atomic mass is 9.78. The van der Waals surface area contributed by atoms with Crippen LogP contribution in [0.2, 0.25) is 0 Å². The molecule has 4 heteroatoms. The summed E-state index contributed by atoms with van der Waals surface area (Å²) in [6, 6.07) is 9.72. The second-order valence-electron chi connectivity index (χ2n) is 7.26. The molecule has 134 valence electrons. The van der Waals surface area contributed by atoms with E-state index in [4.69, 9.17) is 4.74 Å². The molecule has 1 spiro atoms. The fraction of sp³-hybridized carbons (Fsp3) is 0.524. The Bertz CT molecular complexity index is 642. The van der Waals surface area contributed by atoms with Crippen LogP contribution in [0.25, 0.3) is 0 Å². The zero-order chi connectivity index (χ0) is 17.7. The van der Waals surface area contributed by atoms with Gasteiger partial charge in [0.15, 0.2) is 5.78 Å². The first-order valence-electron chi connectivity index (χ1n) is 9.32. The van der Waals surface area contributed by atoms with E-state index in [0.717, 1.165) is 43.2 Å². The minimum absolute atomic E-state index is 0.0175. The Balaban J connectivity index is 1.51. The van der Waals surface area contributed by atoms with Crippen molar-refractivity contribution in [2.24, 2.45) is 5.41 Å². The summed E-state index contributed by atoms with van der Waals surface area (Å²) < 4.78 is 5.42. The van der Waals surface area contributed by atoms with Gasteiger partial charge in [-0.2, -0.15) is 0 Å². The molecule has 4 nitrogen and oxygen atoms in total. The van der Waals surface area contributed by atoms with Crippen LogP contribution in [0.4, 0.5) is 4.79 Å². The molecule has 0 bridgehead atoms. The van der Waals surface area contributed by atoms with Gasteiger partial charge in [0.1, 0.15) is 6.61 Å². The number of Topliss-reactive ketones (excluding diaryl/α,β-unsaturated/α-hetero) is 1. The summed E-state index contributed by atoms with van der Waals surface area (Å²) in [5.74, 6) is 0.313. The Hall–Kier alpha value is -2.10. The molecule has 1 saturated heterocycles. The maximum Gasteiger partial charge on any atom is 0.410 e. The number of likely N-dealkylation sites (tertiary alicyclic amines) is 1. The molecule has 1 aromatic carbocycles. The van der Waals surface area contributed by atoms with Gasteiger partial charge in [0.05, 0.1) is 0 Å². The van der Waals surface area contributed by atoms with Gasteiger partial charge in [-0.1, -0.05) is 49.8 Å². The van der Waals surface area contributed by atoms with Crippen molar-refractivity contribution in [2.45, 2.75) is 52.1 Å². The molecule has 1 fully saturated rings. The Kier molecular flexibility index (Phi) is 5.57. The Morgan fingerprint density at radius 2 is 1.92 bits per heavy atom. The number of hydrogen-bond donors (Lipinski definition) is 0. The van der Waals surface area contributed by atoms with Gasteiger partial charge in [-0.25, -0.2) is 4.79 Å². The molecule has 3 rings (SSSR count). The average molecular weight is 341 g/mol. The number of benzene rings is 1. The smallest absolute Gasteiger partial charge is 0.410 e. The molecule has 1 aromatic rings. The normalized spacial score (nSPS) is 19.2. The number of carbonyl (C=O) groups is 2. The van der Waals surface area contributed by atoms with Crippen molar-refractivity contribution in [3.63, 3.8) is 0 Å². The first-order chi connectivity index (χ1) is 12.1. The predicted octanol–water partition coefficient (Wildman–Crippen LogP) is 4.49. The summed E-state index contributed by atoms with van der Waals surface area (Å²) in [6.07, 6.45) is 7.39. The number of piperidine rings is 1. The highest BCUT2D eigenvalue weighted by Gasteiger charge is 2.41. The molecule has 0 saturated carbocycles. The highest BCUT2D eigenvalue weighted by Crippen LogP contribution is 2.43. The first kappa shape index (κ1) is 17.7. The van der Waals surface area contributed by atoms with E-state index in [-0.39, 0.29) is 11.5 Å². The van der Waals surface area contributed by atoms with Crippen LogP contribution >= 0.6 is 0 Å². The summed E-state index contributed by atoms with van der Waals surface area (Å²) >= 11 is 0. The van der Waals surface area contributed by atoms with Gasteiger partial charge >= 0.3 is 6.09 Å². The average Bonchev–Trinajstić information content (AvgIpc) is 2.94. The van der Waals surface area contributed by atoms with Crippen LogP contribution in [0, 0.1) is 5.41 Å². The summed E-state index contributed by atoms with van der Waals surface area (Å²) in [7, 11) is 0. The van der Waals surface area contributed by atoms with Crippen molar-refractivity contribution in [1.82, 2.24) is 4.90 Å². The number of allylic oxidation sites excluding steroid dienone is 2. The minimum atomic E-state index is -0.252. The molecule has 0 atom stereocenters. The molecular formula is C21H27NO3. The summed E-state index contributed by atoms with van der Waals surface area (Å²) in [5, 5.41) is 0. The SMILES string of the molecule is CCCCC1=CC2(CCN(C(=O)OCc3ccccc3)CC2)CC1=O. The second kappa shape index (κ2) is 7.85. The highest BCUT2D eigenvalue weighted by molar-refractivity contribution is 5.98. The van der Waals surface area contributed by atoms with Crippen molar-refractivity contribution in [1.29, 1.82) is 0 Å². The Morgan fingerprint density at radius 3 is 2.60 bits per heavy atom. The maximum absolute atomic E-state index is 12.3. The van der Waals surface area contributed by atoms with Crippen LogP contribution in [0.3, 0.4) is 0 Å². The molecule has 0 unspecified atom stereocenters. The van der Waals surface area contributed by atoms with E-state index in [9.17, 15) is 9.59 Å². The summed E-state index contributed by atoms with van der Waals surface area (Å²) in [5.41, 5.74) is 1.99. The topological polar surface area (TPSA) is 46.6 Å². The number of unbranched alkanes of at least 4 members (excludes halogenated alkanes) is 1. The van der Waals surface area contributed by atoms with Gasteiger partial charge in [0.25, 0.3) is 0 Å². The van der Waals surface area contributed by atoms with E-state index in [1.807, 2.05) is 30.3 Å². The van der Waals surface area contributed by atoms with Crippen molar-refractivity contribution < 1.29 is 14.3 Å². The Labute approximate surface area is 149 Å². The van der Waals surface area contributed by atoms with Crippen molar-refractivity contribution in [3.05, 3.63) is 47.5 Å². The molecule has 1 heterocycles. The van der Waals surface area contributed by atoms with E-state index in [2.05, 4.69) is 13.0 Å². The molecular weight excluding hydrogens is 314 g/mol. The standard InChI is InChI=1S/C21H27NO3/c1-2-3-9-18-14-21(15-19(18)23)10-12-22(13-11-21)20(24)25-16-17-7-5-4-6-8-17/h4-8,14H,2-3,9-13,15-16H2,1H3. The van der Waals surface area contributed by atoms with Crippen LogP contribution < -0.4 is 0 Å². The molecule has 1 aliphatic carbocycles. The second-order valence-corrected chi connectivity index (χ2v) is 7.26. The first-order valence-corrected chi connectivity index (χ1v) is 9.32. The number of nitrogens with zero attached hydrogens (tertiary/aromatic N) is 1. The number of rotatable bonds is 5. The quantitative estimate of drug-likeness (QED) is 0.792. The lowest BCUT2D eigenvalue weighted by Crippen LogP contribution is -2.42. The van der Waals surface area contributed by atoms with E-state index in [1.54, 1.807) is 4.90 Å². The van der Waals surface area contributed by atoms with Crippen molar-refractivity contribution in [3.8, 4) is 0 Å². The van der Waals surface area contributed by atoms with E-state index in [1.165, 1.54) is 0 Å². The third kappa shape index (κ3) is 4.30. The summed E-state index contributed by atoms with van der Waals surface area (Å²) in [6.45, 7) is 3.78. The largest absolute Gasteiger partial charge is 0.445 e. The third-order valence-corrected chi connectivity index (χ3v) is 5.37. The van der Waals surface area contributed by atoms with Crippen molar-refractivity contribution in [2.75, 3.05) is 13.1 Å². The van der Waals surface area contributed by atoms with Gasteiger partial charge in [0.2, 0.25) is 0 Å². The maximum atomic E-state index is 12.3. The van der Waals surface area contributed by atoms with Crippen molar-refractivity contribution >= 4 is 11.9 Å². The zero-order valence-corrected chi connectivity index (χ0v) is 15.0. The molecule has 1 aliphatic heterocycles. The molecule has 0 N–H and O–H groups in total. The van der Waals surface area contributed by atoms with Crippen LogP contribution in [0.1, 0.15) is 51.0 Å². The van der Waals surface area contributed by atoms with E-state index >= 15 is 0 Å². The van der Waals surface area contributed by atoms with Gasteiger partial charge in [-0.3, -0.25) is 4.79 Å². The molecule has 25 heavy (non-hydrogen) atoms. The lowest BCUT2D eigenvalue weighted by Gasteiger charge is -2.37. The Morgan fingerprint density at radius 1 is 1.20 bits per heavy atom. The van der Waals surface area contributed by atoms with E-state index in [0.29, 0.717) is 31.9 Å². The monoisotopic (exact) mass is 341 g/mol.